The molecular weight excluding hydrogens is 662 g/mol. The van der Waals surface area contributed by atoms with Gasteiger partial charge in [0.25, 0.3) is 11.8 Å². The first-order chi connectivity index (χ1) is 22.0. The van der Waals surface area contributed by atoms with Crippen molar-refractivity contribution in [2.24, 2.45) is 5.10 Å². The summed E-state index contributed by atoms with van der Waals surface area (Å²) >= 11 is 0. The summed E-state index contributed by atoms with van der Waals surface area (Å²) in [6, 6.07) is 4.69. The predicted octanol–water partition coefficient (Wildman–Crippen LogP) is 8.39. The first-order valence-electron chi connectivity index (χ1n) is 15.9. The fraction of sp³-hybridized carbons (Fsp3) is 0.710. The van der Waals surface area contributed by atoms with Gasteiger partial charge in [-0.15, -0.1) is 0 Å². The van der Waals surface area contributed by atoms with Gasteiger partial charge in [-0.25, -0.2) is 22.2 Å². The van der Waals surface area contributed by atoms with Gasteiger partial charge in [-0.1, -0.05) is 90.4 Å². The topological polar surface area (TPSA) is 95.9 Å². The van der Waals surface area contributed by atoms with Crippen LogP contribution in [0, 0.1) is 0 Å². The van der Waals surface area contributed by atoms with E-state index in [-0.39, 0.29) is 21.2 Å². The molecule has 7 nitrogen and oxygen atoms in total. The van der Waals surface area contributed by atoms with E-state index in [1.54, 1.807) is 0 Å². The molecule has 1 aromatic carbocycles. The second kappa shape index (κ2) is 18.1. The molecule has 268 valence electrons. The lowest BCUT2D eigenvalue weighted by Crippen LogP contribution is -2.60. The molecule has 2 rings (SSSR count). The number of carbonyl (C=O) groups is 2. The Labute approximate surface area is 270 Å². The minimum atomic E-state index is -6.52. The Hall–Kier alpha value is -2.78. The molecular formula is C31H43F8N3O4S. The Kier molecular flexibility index (Phi) is 15.6. The van der Waals surface area contributed by atoms with Crippen LogP contribution in [0.4, 0.5) is 35.1 Å². The second-order valence-corrected chi connectivity index (χ2v) is 13.9. The predicted molar refractivity (Wildman–Crippen MR) is 161 cm³/mol. The van der Waals surface area contributed by atoms with Crippen molar-refractivity contribution in [3.63, 3.8) is 0 Å². The summed E-state index contributed by atoms with van der Waals surface area (Å²) in [5.74, 6) is -21.8. The van der Waals surface area contributed by atoms with Crippen LogP contribution in [-0.4, -0.2) is 67.6 Å². The van der Waals surface area contributed by atoms with Crippen molar-refractivity contribution >= 4 is 27.5 Å². The molecule has 1 N–H and O–H groups in total. The molecule has 0 bridgehead atoms. The third-order valence-electron chi connectivity index (χ3n) is 7.85. The number of hydrogen-bond donors (Lipinski definition) is 1. The SMILES string of the molecule is CCCCCCCCCCCCCCCCS(=O)(=O)c1ccc(C(=O)NC2=NN(CC(F)(F)C(F)(F)C(F)(F)C(F)F)C(=O)C2)cc1. The number of amides is 2. The summed E-state index contributed by atoms with van der Waals surface area (Å²) in [6.07, 6.45) is 9.72. The van der Waals surface area contributed by atoms with Crippen LogP contribution in [0.2, 0.25) is 0 Å². The number of sulfone groups is 1. The molecule has 0 atom stereocenters. The normalized spacial score (nSPS) is 14.6. The number of rotatable bonds is 22. The van der Waals surface area contributed by atoms with Gasteiger partial charge in [0.2, 0.25) is 0 Å². The lowest BCUT2D eigenvalue weighted by molar-refractivity contribution is -0.339. The summed E-state index contributed by atoms with van der Waals surface area (Å²) in [7, 11) is -3.64. The monoisotopic (exact) mass is 705 g/mol. The molecule has 0 fully saturated rings. The van der Waals surface area contributed by atoms with E-state index < -0.39 is 64.6 Å². The third kappa shape index (κ3) is 11.7. The first kappa shape index (κ1) is 40.4. The second-order valence-electron chi connectivity index (χ2n) is 11.8. The highest BCUT2D eigenvalue weighted by Crippen LogP contribution is 2.49. The van der Waals surface area contributed by atoms with Crippen molar-refractivity contribution in [2.75, 3.05) is 12.3 Å². The number of nitrogens with one attached hydrogen (secondary N) is 1. The fourth-order valence-corrected chi connectivity index (χ4v) is 6.32. The van der Waals surface area contributed by atoms with Gasteiger partial charge >= 0.3 is 24.2 Å². The van der Waals surface area contributed by atoms with Gasteiger partial charge in [0.15, 0.2) is 9.84 Å². The molecule has 1 aliphatic heterocycles. The van der Waals surface area contributed by atoms with E-state index >= 15 is 0 Å². The molecule has 2 amide bonds. The zero-order valence-corrected chi connectivity index (χ0v) is 27.2. The Balaban J connectivity index is 1.78. The average Bonchev–Trinajstić information content (AvgIpc) is 3.34. The molecule has 16 heteroatoms. The maximum absolute atomic E-state index is 13.9. The molecule has 0 saturated heterocycles. The van der Waals surface area contributed by atoms with Gasteiger partial charge in [0, 0.05) is 5.56 Å². The van der Waals surface area contributed by atoms with Crippen LogP contribution in [-0.2, 0) is 14.6 Å². The fourth-order valence-electron chi connectivity index (χ4n) is 4.95. The molecule has 1 aliphatic rings. The van der Waals surface area contributed by atoms with E-state index in [0.717, 1.165) is 37.8 Å². The lowest BCUT2D eigenvalue weighted by Gasteiger charge is -2.33. The van der Waals surface area contributed by atoms with Gasteiger partial charge in [-0.05, 0) is 30.7 Å². The highest BCUT2D eigenvalue weighted by Gasteiger charge is 2.75. The van der Waals surface area contributed by atoms with Crippen LogP contribution in [0.1, 0.15) is 114 Å². The Morgan fingerprint density at radius 1 is 0.830 bits per heavy atom. The van der Waals surface area contributed by atoms with E-state index in [9.17, 15) is 53.1 Å². The van der Waals surface area contributed by atoms with E-state index in [1.165, 1.54) is 69.9 Å². The molecule has 1 aromatic rings. The summed E-state index contributed by atoms with van der Waals surface area (Å²) in [6.45, 7) is -0.249. The van der Waals surface area contributed by atoms with Crippen LogP contribution in [0.25, 0.3) is 0 Å². The number of halogens is 8. The highest BCUT2D eigenvalue weighted by molar-refractivity contribution is 7.91. The standard InChI is InChI=1S/C31H43F8N3O4S/c1-2-3-4-5-6-7-8-9-10-11-12-13-14-15-20-47(45,46)24-18-16-23(17-19-24)27(44)40-25-21-26(43)42(41-25)22-29(34,35)31(38,39)30(36,37)28(32)33/h16-19,28H,2-15,20-22H2,1H3,(H,40,41,44). The Morgan fingerprint density at radius 2 is 1.30 bits per heavy atom. The van der Waals surface area contributed by atoms with E-state index in [1.807, 2.05) is 0 Å². The lowest BCUT2D eigenvalue weighted by atomic mass is 10.0. The molecule has 0 unspecified atom stereocenters. The van der Waals surface area contributed by atoms with Crippen molar-refractivity contribution in [3.05, 3.63) is 29.8 Å². The Morgan fingerprint density at radius 3 is 1.77 bits per heavy atom. The van der Waals surface area contributed by atoms with Crippen molar-refractivity contribution in [3.8, 4) is 0 Å². The van der Waals surface area contributed by atoms with Gasteiger partial charge in [0.1, 0.15) is 12.4 Å². The molecule has 0 radical (unpaired) electrons. The van der Waals surface area contributed by atoms with Crippen LogP contribution in [0.15, 0.2) is 34.3 Å². The van der Waals surface area contributed by atoms with E-state index in [2.05, 4.69) is 17.3 Å². The van der Waals surface area contributed by atoms with Crippen LogP contribution in [0.3, 0.4) is 0 Å². The quantitative estimate of drug-likeness (QED) is 0.0969. The highest BCUT2D eigenvalue weighted by atomic mass is 32.2. The molecule has 1 heterocycles. The van der Waals surface area contributed by atoms with Gasteiger partial charge in [0.05, 0.1) is 17.1 Å². The molecule has 0 aliphatic carbocycles. The van der Waals surface area contributed by atoms with Gasteiger partial charge < -0.3 is 5.32 Å². The van der Waals surface area contributed by atoms with Crippen molar-refractivity contribution in [2.45, 2.75) is 132 Å². The smallest absolute Gasteiger partial charge is 0.308 e. The van der Waals surface area contributed by atoms with Crippen molar-refractivity contribution in [1.82, 2.24) is 10.3 Å². The van der Waals surface area contributed by atoms with Crippen molar-refractivity contribution < 1.29 is 53.1 Å². The third-order valence-corrected chi connectivity index (χ3v) is 9.66. The van der Waals surface area contributed by atoms with Crippen LogP contribution >= 0.6 is 0 Å². The zero-order chi connectivity index (χ0) is 35.3. The van der Waals surface area contributed by atoms with Crippen molar-refractivity contribution in [1.29, 1.82) is 0 Å². The largest absolute Gasteiger partial charge is 0.379 e. The summed E-state index contributed by atoms with van der Waals surface area (Å²) in [5.41, 5.74) is -0.123. The summed E-state index contributed by atoms with van der Waals surface area (Å²) < 4.78 is 131. The van der Waals surface area contributed by atoms with Crippen LogP contribution in [0.5, 0.6) is 0 Å². The van der Waals surface area contributed by atoms with Gasteiger partial charge in [-0.3, -0.25) is 9.59 Å². The van der Waals surface area contributed by atoms with Crippen LogP contribution < -0.4 is 5.32 Å². The molecule has 47 heavy (non-hydrogen) atoms. The average molecular weight is 706 g/mol. The zero-order valence-electron chi connectivity index (χ0n) is 26.4. The summed E-state index contributed by atoms with van der Waals surface area (Å²) in [5, 5.41) is 4.98. The number of benzene rings is 1. The molecule has 0 aromatic heterocycles. The van der Waals surface area contributed by atoms with Gasteiger partial charge in [-0.2, -0.15) is 31.4 Å². The number of hydrazone groups is 1. The minimum Gasteiger partial charge on any atom is -0.308 e. The summed E-state index contributed by atoms with van der Waals surface area (Å²) in [4.78, 5) is 24.5. The van der Waals surface area contributed by atoms with E-state index in [0.29, 0.717) is 6.42 Å². The number of hydrogen-bond acceptors (Lipinski definition) is 5. The maximum atomic E-state index is 13.9. The minimum absolute atomic E-state index is 0.0351. The Bertz CT molecular complexity index is 1290. The number of unbranched alkanes of at least 4 members (excludes halogenated alkanes) is 13. The number of amidine groups is 1. The first-order valence-corrected chi connectivity index (χ1v) is 17.5. The molecule has 0 spiro atoms. The number of nitrogens with zero attached hydrogens (tertiary/aromatic N) is 2. The number of carbonyl (C=O) groups excluding carboxylic acids is 2. The molecule has 0 saturated carbocycles. The van der Waals surface area contributed by atoms with E-state index in [4.69, 9.17) is 0 Å². The number of alkyl halides is 8. The maximum Gasteiger partial charge on any atom is 0.379 e.